The molecule has 0 atom stereocenters. The van der Waals surface area contributed by atoms with Crippen LogP contribution in [0.15, 0.2) is 54.6 Å². The van der Waals surface area contributed by atoms with E-state index in [0.717, 1.165) is 30.8 Å². The summed E-state index contributed by atoms with van der Waals surface area (Å²) in [7, 11) is 4.07. The van der Waals surface area contributed by atoms with E-state index in [1.54, 1.807) is 24.3 Å². The zero-order valence-corrected chi connectivity index (χ0v) is 19.1. The number of hydrogen-bond acceptors (Lipinski definition) is 5. The molecule has 0 bridgehead atoms. The van der Waals surface area contributed by atoms with Crippen LogP contribution in [-0.4, -0.2) is 43.7 Å². The Bertz CT molecular complexity index is 1200. The lowest BCUT2D eigenvalue weighted by atomic mass is 9.82. The number of ketones is 2. The van der Waals surface area contributed by atoms with E-state index in [4.69, 9.17) is 0 Å². The van der Waals surface area contributed by atoms with Gasteiger partial charge in [-0.05, 0) is 64.7 Å². The summed E-state index contributed by atoms with van der Waals surface area (Å²) in [4.78, 5) is 29.2. The Balaban J connectivity index is 1.77. The van der Waals surface area contributed by atoms with Crippen molar-refractivity contribution in [2.75, 3.05) is 37.8 Å². The van der Waals surface area contributed by atoms with Crippen molar-refractivity contribution < 1.29 is 9.59 Å². The molecule has 32 heavy (non-hydrogen) atoms. The SMILES string of the molecule is Cc1ccc(Nc2ccc(NCCCN(C)C)c3c2C(=O)c2ccccc2C3=O)c(C)c1. The number of nitrogens with zero attached hydrogens (tertiary/aromatic N) is 1. The highest BCUT2D eigenvalue weighted by Crippen LogP contribution is 2.38. The minimum absolute atomic E-state index is 0.116. The molecule has 0 radical (unpaired) electrons. The van der Waals surface area contributed by atoms with Gasteiger partial charge in [-0.1, -0.05) is 42.0 Å². The summed E-state index contributed by atoms with van der Waals surface area (Å²) >= 11 is 0. The number of carbonyl (C=O) groups excluding carboxylic acids is 2. The van der Waals surface area contributed by atoms with Gasteiger partial charge >= 0.3 is 0 Å². The predicted octanol–water partition coefficient (Wildman–Crippen LogP) is 5.19. The monoisotopic (exact) mass is 427 g/mol. The molecule has 0 unspecified atom stereocenters. The molecule has 0 heterocycles. The Morgan fingerprint density at radius 1 is 0.781 bits per heavy atom. The number of aryl methyl sites for hydroxylation is 2. The molecule has 0 amide bonds. The third kappa shape index (κ3) is 4.16. The van der Waals surface area contributed by atoms with Gasteiger partial charge in [0.1, 0.15) is 0 Å². The Hall–Kier alpha value is -3.44. The highest BCUT2D eigenvalue weighted by atomic mass is 16.1. The number of fused-ring (bicyclic) bond motifs is 2. The van der Waals surface area contributed by atoms with Gasteiger partial charge in [0.15, 0.2) is 11.6 Å². The van der Waals surface area contributed by atoms with Crippen molar-refractivity contribution in [3.63, 3.8) is 0 Å². The molecule has 3 aromatic carbocycles. The standard InChI is InChI=1S/C27H29N3O2/c1-17-10-11-21(18(2)16-17)29-23-13-12-22(28-14-7-15-30(3)4)24-25(23)27(32)20-9-6-5-8-19(20)26(24)31/h5-6,8-13,16,28-29H,7,14-15H2,1-4H3. The van der Waals surface area contributed by atoms with Crippen LogP contribution in [0.4, 0.5) is 17.1 Å². The summed E-state index contributed by atoms with van der Waals surface area (Å²) in [6.45, 7) is 5.74. The first-order valence-electron chi connectivity index (χ1n) is 10.9. The number of anilines is 3. The molecule has 0 aromatic heterocycles. The van der Waals surface area contributed by atoms with Crippen LogP contribution < -0.4 is 10.6 Å². The number of rotatable bonds is 7. The lowest BCUT2D eigenvalue weighted by Crippen LogP contribution is -2.24. The van der Waals surface area contributed by atoms with Gasteiger partial charge in [-0.25, -0.2) is 0 Å². The topological polar surface area (TPSA) is 61.4 Å². The van der Waals surface area contributed by atoms with Crippen LogP contribution in [0, 0.1) is 13.8 Å². The molecule has 4 rings (SSSR count). The summed E-state index contributed by atoms with van der Waals surface area (Å²) in [5, 5.41) is 6.80. The molecule has 0 fully saturated rings. The van der Waals surface area contributed by atoms with Crippen molar-refractivity contribution in [2.24, 2.45) is 0 Å². The van der Waals surface area contributed by atoms with Gasteiger partial charge in [0, 0.05) is 29.0 Å². The predicted molar refractivity (Wildman–Crippen MR) is 131 cm³/mol. The second-order valence-electron chi connectivity index (χ2n) is 8.64. The maximum Gasteiger partial charge on any atom is 0.196 e. The molecule has 164 valence electrons. The fourth-order valence-electron chi connectivity index (χ4n) is 4.19. The zero-order chi connectivity index (χ0) is 22.8. The van der Waals surface area contributed by atoms with Gasteiger partial charge in [-0.2, -0.15) is 0 Å². The molecule has 3 aromatic rings. The van der Waals surface area contributed by atoms with E-state index in [-0.39, 0.29) is 11.6 Å². The summed E-state index contributed by atoms with van der Waals surface area (Å²) < 4.78 is 0. The Kier molecular flexibility index (Phi) is 6.10. The fourth-order valence-corrected chi connectivity index (χ4v) is 4.19. The van der Waals surface area contributed by atoms with Gasteiger partial charge in [0.25, 0.3) is 0 Å². The fraction of sp³-hybridized carbons (Fsp3) is 0.259. The minimum atomic E-state index is -0.126. The van der Waals surface area contributed by atoms with Crippen LogP contribution >= 0.6 is 0 Å². The van der Waals surface area contributed by atoms with E-state index in [1.807, 2.05) is 45.3 Å². The van der Waals surface area contributed by atoms with E-state index in [0.29, 0.717) is 33.6 Å². The largest absolute Gasteiger partial charge is 0.384 e. The van der Waals surface area contributed by atoms with Crippen LogP contribution in [0.3, 0.4) is 0 Å². The quantitative estimate of drug-likeness (QED) is 0.398. The summed E-state index contributed by atoms with van der Waals surface area (Å²) in [5.74, 6) is -0.242. The number of hydrogen-bond donors (Lipinski definition) is 2. The van der Waals surface area contributed by atoms with Crippen molar-refractivity contribution in [2.45, 2.75) is 20.3 Å². The first-order chi connectivity index (χ1) is 15.4. The minimum Gasteiger partial charge on any atom is -0.384 e. The molecular weight excluding hydrogens is 398 g/mol. The lowest BCUT2D eigenvalue weighted by molar-refractivity contribution is 0.0980. The number of carbonyl (C=O) groups is 2. The maximum absolute atomic E-state index is 13.5. The average Bonchev–Trinajstić information content (AvgIpc) is 2.77. The molecule has 0 saturated heterocycles. The van der Waals surface area contributed by atoms with E-state index < -0.39 is 0 Å². The molecule has 1 aliphatic carbocycles. The van der Waals surface area contributed by atoms with Gasteiger partial charge in [-0.15, -0.1) is 0 Å². The summed E-state index contributed by atoms with van der Waals surface area (Å²) in [6.07, 6.45) is 0.934. The molecular formula is C27H29N3O2. The van der Waals surface area contributed by atoms with E-state index in [1.165, 1.54) is 5.56 Å². The van der Waals surface area contributed by atoms with Crippen molar-refractivity contribution in [3.05, 3.63) is 88.0 Å². The molecule has 0 spiro atoms. The number of nitrogens with one attached hydrogen (secondary N) is 2. The molecule has 0 saturated carbocycles. The second kappa shape index (κ2) is 8.97. The van der Waals surface area contributed by atoms with Gasteiger partial charge in [-0.3, -0.25) is 9.59 Å². The summed E-state index contributed by atoms with van der Waals surface area (Å²) in [6, 6.07) is 17.0. The van der Waals surface area contributed by atoms with Crippen LogP contribution in [0.25, 0.3) is 0 Å². The molecule has 2 N–H and O–H groups in total. The average molecular weight is 428 g/mol. The number of benzene rings is 3. The normalized spacial score (nSPS) is 12.5. The van der Waals surface area contributed by atoms with Gasteiger partial charge < -0.3 is 15.5 Å². The van der Waals surface area contributed by atoms with Crippen LogP contribution in [-0.2, 0) is 0 Å². The van der Waals surface area contributed by atoms with E-state index in [9.17, 15) is 9.59 Å². The van der Waals surface area contributed by atoms with E-state index >= 15 is 0 Å². The first-order valence-corrected chi connectivity index (χ1v) is 10.9. The summed E-state index contributed by atoms with van der Waals surface area (Å²) in [5.41, 5.74) is 6.34. The third-order valence-corrected chi connectivity index (χ3v) is 5.82. The zero-order valence-electron chi connectivity index (χ0n) is 19.1. The molecule has 0 aliphatic heterocycles. The van der Waals surface area contributed by atoms with E-state index in [2.05, 4.69) is 28.5 Å². The third-order valence-electron chi connectivity index (χ3n) is 5.82. The second-order valence-corrected chi connectivity index (χ2v) is 8.64. The van der Waals surface area contributed by atoms with Crippen LogP contribution in [0.2, 0.25) is 0 Å². The van der Waals surface area contributed by atoms with Crippen molar-refractivity contribution in [3.8, 4) is 0 Å². The van der Waals surface area contributed by atoms with Crippen molar-refractivity contribution >= 4 is 28.6 Å². The molecule has 5 heteroatoms. The lowest BCUT2D eigenvalue weighted by Gasteiger charge is -2.24. The molecule has 1 aliphatic rings. The van der Waals surface area contributed by atoms with Gasteiger partial charge in [0.2, 0.25) is 0 Å². The Morgan fingerprint density at radius 2 is 1.38 bits per heavy atom. The van der Waals surface area contributed by atoms with Gasteiger partial charge in [0.05, 0.1) is 16.8 Å². The van der Waals surface area contributed by atoms with Crippen molar-refractivity contribution in [1.82, 2.24) is 4.90 Å². The Labute approximate surface area is 189 Å². The molecule has 5 nitrogen and oxygen atoms in total. The maximum atomic E-state index is 13.5. The highest BCUT2D eigenvalue weighted by Gasteiger charge is 2.33. The highest BCUT2D eigenvalue weighted by molar-refractivity contribution is 6.32. The van der Waals surface area contributed by atoms with Crippen molar-refractivity contribution in [1.29, 1.82) is 0 Å². The Morgan fingerprint density at radius 3 is 2.00 bits per heavy atom. The van der Waals surface area contributed by atoms with Crippen LogP contribution in [0.5, 0.6) is 0 Å². The first kappa shape index (κ1) is 21.8. The van der Waals surface area contributed by atoms with Crippen LogP contribution in [0.1, 0.15) is 49.4 Å². The smallest absolute Gasteiger partial charge is 0.196 e.